The molecule has 1 rings (SSSR count). The summed E-state index contributed by atoms with van der Waals surface area (Å²) in [6, 6.07) is 0. The molecule has 0 aliphatic carbocycles. The lowest BCUT2D eigenvalue weighted by Crippen LogP contribution is -2.48. The Morgan fingerprint density at radius 3 is 2.21 bits per heavy atom. The monoisotopic (exact) mass is 386 g/mol. The third kappa shape index (κ3) is 5.46. The molecule has 0 saturated carbocycles. The standard InChI is InChI=1S/C12H20F6N2O3S/c1-19(3-4-20-5-7-23-8-6-20)24(21,22)9-2-11(15,16)12(17,18)10(13)14/h10H,2-9H2,1H3. The first-order valence-electron chi connectivity index (χ1n) is 7.18. The average Bonchev–Trinajstić information content (AvgIpc) is 2.51. The van der Waals surface area contributed by atoms with Crippen molar-refractivity contribution >= 4 is 10.0 Å². The summed E-state index contributed by atoms with van der Waals surface area (Å²) in [6.45, 7) is 2.46. The van der Waals surface area contributed by atoms with E-state index in [1.807, 2.05) is 4.90 Å². The van der Waals surface area contributed by atoms with Crippen LogP contribution in [-0.2, 0) is 14.8 Å². The van der Waals surface area contributed by atoms with Gasteiger partial charge in [0.15, 0.2) is 0 Å². The zero-order valence-corrected chi connectivity index (χ0v) is 13.8. The van der Waals surface area contributed by atoms with Gasteiger partial charge < -0.3 is 4.74 Å². The van der Waals surface area contributed by atoms with Gasteiger partial charge in [-0.1, -0.05) is 0 Å². The fraction of sp³-hybridized carbons (Fsp3) is 1.00. The highest BCUT2D eigenvalue weighted by molar-refractivity contribution is 7.89. The number of morpholine rings is 1. The quantitative estimate of drug-likeness (QED) is 0.564. The van der Waals surface area contributed by atoms with Crippen molar-refractivity contribution in [2.45, 2.75) is 24.7 Å². The van der Waals surface area contributed by atoms with Gasteiger partial charge in [0, 0.05) is 39.6 Å². The van der Waals surface area contributed by atoms with Gasteiger partial charge >= 0.3 is 18.3 Å². The van der Waals surface area contributed by atoms with Crippen molar-refractivity contribution in [3.8, 4) is 0 Å². The van der Waals surface area contributed by atoms with Crippen LogP contribution in [-0.4, -0.2) is 88.1 Å². The molecular formula is C12H20F6N2O3S. The van der Waals surface area contributed by atoms with Crippen LogP contribution in [0.5, 0.6) is 0 Å². The fourth-order valence-corrected chi connectivity index (χ4v) is 3.17. The van der Waals surface area contributed by atoms with E-state index in [4.69, 9.17) is 4.74 Å². The Labute approximate surface area is 136 Å². The lowest BCUT2D eigenvalue weighted by atomic mass is 10.1. The van der Waals surface area contributed by atoms with Gasteiger partial charge in [0.25, 0.3) is 0 Å². The largest absolute Gasteiger partial charge is 0.379 e. The third-order valence-electron chi connectivity index (χ3n) is 3.75. The van der Waals surface area contributed by atoms with Crippen LogP contribution in [0.4, 0.5) is 26.3 Å². The molecule has 5 nitrogen and oxygen atoms in total. The van der Waals surface area contributed by atoms with Crippen LogP contribution in [0.15, 0.2) is 0 Å². The van der Waals surface area contributed by atoms with Crippen molar-refractivity contribution in [1.82, 2.24) is 9.21 Å². The molecule has 0 bridgehead atoms. The normalized spacial score (nSPS) is 18.5. The Kier molecular flexibility index (Phi) is 7.32. The van der Waals surface area contributed by atoms with E-state index in [0.717, 1.165) is 11.4 Å². The summed E-state index contributed by atoms with van der Waals surface area (Å²) in [5.74, 6) is -12.0. The first-order valence-corrected chi connectivity index (χ1v) is 8.79. The lowest BCUT2D eigenvalue weighted by molar-refractivity contribution is -0.263. The molecule has 0 aromatic rings. The summed E-state index contributed by atoms with van der Waals surface area (Å²) in [5, 5.41) is 0. The van der Waals surface area contributed by atoms with Crippen LogP contribution >= 0.6 is 0 Å². The molecule has 0 N–H and O–H groups in total. The van der Waals surface area contributed by atoms with Crippen molar-refractivity contribution in [3.63, 3.8) is 0 Å². The smallest absolute Gasteiger partial charge is 0.369 e. The van der Waals surface area contributed by atoms with E-state index in [2.05, 4.69) is 0 Å². The van der Waals surface area contributed by atoms with Crippen molar-refractivity contribution in [2.24, 2.45) is 0 Å². The number of hydrogen-bond donors (Lipinski definition) is 0. The SMILES string of the molecule is CN(CCN1CCOCC1)S(=O)(=O)CCC(F)(F)C(F)(F)C(F)F. The van der Waals surface area contributed by atoms with E-state index in [9.17, 15) is 34.8 Å². The predicted octanol–water partition coefficient (Wildman–Crippen LogP) is 1.51. The van der Waals surface area contributed by atoms with Gasteiger partial charge in [-0.25, -0.2) is 21.5 Å². The summed E-state index contributed by atoms with van der Waals surface area (Å²) in [7, 11) is -3.14. The number of rotatable bonds is 9. The molecule has 1 heterocycles. The minimum Gasteiger partial charge on any atom is -0.379 e. The number of alkyl halides is 6. The van der Waals surface area contributed by atoms with E-state index in [0.29, 0.717) is 32.8 Å². The lowest BCUT2D eigenvalue weighted by Gasteiger charge is -2.29. The number of nitrogens with zero attached hydrogens (tertiary/aromatic N) is 2. The molecule has 0 radical (unpaired) electrons. The molecule has 144 valence electrons. The first kappa shape index (κ1) is 21.5. The molecule has 0 aromatic carbocycles. The van der Waals surface area contributed by atoms with E-state index in [1.165, 1.54) is 0 Å². The minimum atomic E-state index is -5.57. The molecular weight excluding hydrogens is 366 g/mol. The average molecular weight is 386 g/mol. The Morgan fingerprint density at radius 1 is 1.17 bits per heavy atom. The highest BCUT2D eigenvalue weighted by atomic mass is 32.2. The van der Waals surface area contributed by atoms with Crippen molar-refractivity contribution in [3.05, 3.63) is 0 Å². The number of hydrogen-bond acceptors (Lipinski definition) is 4. The van der Waals surface area contributed by atoms with E-state index in [1.54, 1.807) is 0 Å². The zero-order chi connectivity index (χ0) is 18.6. The fourth-order valence-electron chi connectivity index (χ4n) is 1.99. The van der Waals surface area contributed by atoms with Gasteiger partial charge in [0.05, 0.1) is 19.0 Å². The highest BCUT2D eigenvalue weighted by Gasteiger charge is 2.62. The number of likely N-dealkylation sites (N-methyl/N-ethyl adjacent to an activating group) is 1. The van der Waals surface area contributed by atoms with Gasteiger partial charge in [0.2, 0.25) is 10.0 Å². The molecule has 24 heavy (non-hydrogen) atoms. The summed E-state index contributed by atoms with van der Waals surface area (Å²) < 4.78 is 106. The Morgan fingerprint density at radius 2 is 1.71 bits per heavy atom. The van der Waals surface area contributed by atoms with E-state index >= 15 is 0 Å². The van der Waals surface area contributed by atoms with Crippen LogP contribution < -0.4 is 0 Å². The van der Waals surface area contributed by atoms with Crippen molar-refractivity contribution in [2.75, 3.05) is 52.2 Å². The van der Waals surface area contributed by atoms with Crippen LogP contribution in [0.2, 0.25) is 0 Å². The Balaban J connectivity index is 2.55. The minimum absolute atomic E-state index is 0.0286. The molecule has 1 fully saturated rings. The molecule has 0 spiro atoms. The zero-order valence-electron chi connectivity index (χ0n) is 13.0. The Bertz CT molecular complexity index is 497. The molecule has 1 aliphatic rings. The summed E-state index contributed by atoms with van der Waals surface area (Å²) in [5.41, 5.74) is 0. The topological polar surface area (TPSA) is 49.9 Å². The second-order valence-electron chi connectivity index (χ2n) is 5.47. The van der Waals surface area contributed by atoms with E-state index in [-0.39, 0.29) is 6.54 Å². The van der Waals surface area contributed by atoms with E-state index < -0.39 is 40.5 Å². The van der Waals surface area contributed by atoms with Crippen molar-refractivity contribution in [1.29, 1.82) is 0 Å². The molecule has 0 aromatic heterocycles. The maximum Gasteiger partial charge on any atom is 0.369 e. The number of ether oxygens (including phenoxy) is 1. The predicted molar refractivity (Wildman–Crippen MR) is 74.2 cm³/mol. The second-order valence-corrected chi connectivity index (χ2v) is 7.67. The van der Waals surface area contributed by atoms with Crippen LogP contribution in [0.3, 0.4) is 0 Å². The number of sulfonamides is 1. The van der Waals surface area contributed by atoms with Gasteiger partial charge in [-0.15, -0.1) is 0 Å². The van der Waals surface area contributed by atoms with Gasteiger partial charge in [0.1, 0.15) is 0 Å². The van der Waals surface area contributed by atoms with Gasteiger partial charge in [-0.05, 0) is 0 Å². The van der Waals surface area contributed by atoms with Crippen molar-refractivity contribution < 1.29 is 39.5 Å². The maximum atomic E-state index is 13.2. The second kappa shape index (κ2) is 8.19. The van der Waals surface area contributed by atoms with Gasteiger partial charge in [-0.2, -0.15) is 17.6 Å². The highest BCUT2D eigenvalue weighted by Crippen LogP contribution is 2.41. The van der Waals surface area contributed by atoms with Crippen LogP contribution in [0.25, 0.3) is 0 Å². The first-order chi connectivity index (χ1) is 10.9. The summed E-state index contributed by atoms with van der Waals surface area (Å²) in [6.07, 6.45) is -6.46. The third-order valence-corrected chi connectivity index (χ3v) is 5.60. The molecule has 0 unspecified atom stereocenters. The molecule has 12 heteroatoms. The van der Waals surface area contributed by atoms with Crippen LogP contribution in [0, 0.1) is 0 Å². The molecule has 1 saturated heterocycles. The Hall–Kier alpha value is -0.590. The summed E-state index contributed by atoms with van der Waals surface area (Å²) in [4.78, 5) is 1.90. The molecule has 0 amide bonds. The van der Waals surface area contributed by atoms with Crippen LogP contribution in [0.1, 0.15) is 6.42 Å². The van der Waals surface area contributed by atoms with Gasteiger partial charge in [-0.3, -0.25) is 4.90 Å². The molecule has 1 aliphatic heterocycles. The summed E-state index contributed by atoms with van der Waals surface area (Å²) >= 11 is 0. The molecule has 0 atom stereocenters. The number of halogens is 6. The maximum absolute atomic E-state index is 13.2.